The first kappa shape index (κ1) is 12.2. The molecule has 2 rings (SSSR count). The number of carbonyl (C=O) groups excluding carboxylic acids is 1. The van der Waals surface area contributed by atoms with Gasteiger partial charge in [0.25, 0.3) is 0 Å². The summed E-state index contributed by atoms with van der Waals surface area (Å²) < 4.78 is 2.13. The van der Waals surface area contributed by atoms with Crippen LogP contribution < -0.4 is 11.1 Å². The van der Waals surface area contributed by atoms with E-state index in [1.165, 1.54) is 11.3 Å². The van der Waals surface area contributed by atoms with Gasteiger partial charge in [-0.3, -0.25) is 4.79 Å². The SMILES string of the molecule is CNC(=O)C(C)n1c(C)cc2c1CCCC2N. The second-order valence-corrected chi connectivity index (χ2v) is 4.85. The molecule has 4 heteroatoms. The quantitative estimate of drug-likeness (QED) is 0.815. The number of fused-ring (bicyclic) bond motifs is 1. The predicted octanol–water partition coefficient (Wildman–Crippen LogP) is 1.44. The minimum atomic E-state index is -0.158. The van der Waals surface area contributed by atoms with Gasteiger partial charge in [-0.2, -0.15) is 0 Å². The van der Waals surface area contributed by atoms with E-state index in [2.05, 4.69) is 16.0 Å². The van der Waals surface area contributed by atoms with Crippen LogP contribution in [0, 0.1) is 6.92 Å². The van der Waals surface area contributed by atoms with Crippen LogP contribution in [0.5, 0.6) is 0 Å². The van der Waals surface area contributed by atoms with Gasteiger partial charge in [0.05, 0.1) is 0 Å². The van der Waals surface area contributed by atoms with Crippen molar-refractivity contribution in [1.29, 1.82) is 0 Å². The van der Waals surface area contributed by atoms with Crippen LogP contribution in [0.2, 0.25) is 0 Å². The van der Waals surface area contributed by atoms with Crippen molar-refractivity contribution in [2.75, 3.05) is 7.05 Å². The molecular formula is C13H21N3O. The predicted molar refractivity (Wildman–Crippen MR) is 67.8 cm³/mol. The second-order valence-electron chi connectivity index (χ2n) is 4.85. The number of hydrogen-bond acceptors (Lipinski definition) is 2. The Morgan fingerprint density at radius 3 is 3.00 bits per heavy atom. The number of aromatic nitrogens is 1. The molecule has 0 aromatic carbocycles. The van der Waals surface area contributed by atoms with Crippen molar-refractivity contribution < 1.29 is 4.79 Å². The number of amides is 1. The van der Waals surface area contributed by atoms with Gasteiger partial charge in [0.15, 0.2) is 0 Å². The average Bonchev–Trinajstić information content (AvgIpc) is 2.65. The lowest BCUT2D eigenvalue weighted by atomic mass is 9.93. The third-order valence-electron chi connectivity index (χ3n) is 3.71. The van der Waals surface area contributed by atoms with Gasteiger partial charge in [0.2, 0.25) is 5.91 Å². The van der Waals surface area contributed by atoms with Crippen molar-refractivity contribution >= 4 is 5.91 Å². The molecule has 0 radical (unpaired) electrons. The summed E-state index contributed by atoms with van der Waals surface area (Å²) in [7, 11) is 1.68. The van der Waals surface area contributed by atoms with Gasteiger partial charge in [-0.05, 0) is 44.7 Å². The summed E-state index contributed by atoms with van der Waals surface area (Å²) in [5.74, 6) is 0.0469. The summed E-state index contributed by atoms with van der Waals surface area (Å²) in [5.41, 5.74) is 9.73. The third-order valence-corrected chi connectivity index (χ3v) is 3.71. The van der Waals surface area contributed by atoms with Gasteiger partial charge in [0, 0.05) is 24.5 Å². The molecule has 94 valence electrons. The molecule has 0 aliphatic heterocycles. The summed E-state index contributed by atoms with van der Waals surface area (Å²) in [6, 6.07) is 2.11. The molecule has 0 saturated heterocycles. The fourth-order valence-electron chi connectivity index (χ4n) is 2.83. The molecule has 2 unspecified atom stereocenters. The largest absolute Gasteiger partial charge is 0.357 e. The molecular weight excluding hydrogens is 214 g/mol. The van der Waals surface area contributed by atoms with Crippen molar-refractivity contribution in [2.45, 2.75) is 45.2 Å². The lowest BCUT2D eigenvalue weighted by Crippen LogP contribution is -2.30. The first-order valence-corrected chi connectivity index (χ1v) is 6.24. The number of nitrogens with two attached hydrogens (primary N) is 1. The summed E-state index contributed by atoms with van der Waals surface area (Å²) in [6.07, 6.45) is 3.18. The molecule has 1 heterocycles. The fourth-order valence-corrected chi connectivity index (χ4v) is 2.83. The zero-order valence-electron chi connectivity index (χ0n) is 10.8. The topological polar surface area (TPSA) is 60.0 Å². The van der Waals surface area contributed by atoms with Gasteiger partial charge in [0.1, 0.15) is 6.04 Å². The van der Waals surface area contributed by atoms with Crippen LogP contribution >= 0.6 is 0 Å². The molecule has 1 aliphatic rings. The van der Waals surface area contributed by atoms with Crippen LogP contribution in [0.4, 0.5) is 0 Å². The molecule has 4 nitrogen and oxygen atoms in total. The van der Waals surface area contributed by atoms with Crippen LogP contribution in [-0.2, 0) is 11.2 Å². The highest BCUT2D eigenvalue weighted by Gasteiger charge is 2.26. The summed E-state index contributed by atoms with van der Waals surface area (Å²) in [5, 5.41) is 2.71. The van der Waals surface area contributed by atoms with Crippen LogP contribution in [-0.4, -0.2) is 17.5 Å². The van der Waals surface area contributed by atoms with Crippen LogP contribution in [0.1, 0.15) is 48.8 Å². The Labute approximate surface area is 102 Å². The minimum absolute atomic E-state index is 0.0469. The van der Waals surface area contributed by atoms with E-state index in [0.29, 0.717) is 0 Å². The molecule has 0 bridgehead atoms. The zero-order chi connectivity index (χ0) is 12.6. The number of rotatable bonds is 2. The van der Waals surface area contributed by atoms with E-state index in [1.54, 1.807) is 7.05 Å². The third kappa shape index (κ3) is 1.97. The van der Waals surface area contributed by atoms with Gasteiger partial charge in [-0.25, -0.2) is 0 Å². The lowest BCUT2D eigenvalue weighted by Gasteiger charge is -2.23. The smallest absolute Gasteiger partial charge is 0.242 e. The fraction of sp³-hybridized carbons (Fsp3) is 0.615. The van der Waals surface area contributed by atoms with E-state index >= 15 is 0 Å². The van der Waals surface area contributed by atoms with Crippen LogP contribution in [0.15, 0.2) is 6.07 Å². The molecule has 0 spiro atoms. The maximum Gasteiger partial charge on any atom is 0.242 e. The average molecular weight is 235 g/mol. The van der Waals surface area contributed by atoms with Crippen LogP contribution in [0.3, 0.4) is 0 Å². The molecule has 0 saturated carbocycles. The molecule has 1 aromatic rings. The summed E-state index contributed by atoms with van der Waals surface area (Å²) >= 11 is 0. The highest BCUT2D eigenvalue weighted by Crippen LogP contribution is 2.32. The van der Waals surface area contributed by atoms with E-state index < -0.39 is 0 Å². The van der Waals surface area contributed by atoms with Crippen molar-refractivity contribution in [3.63, 3.8) is 0 Å². The maximum absolute atomic E-state index is 11.8. The number of aryl methyl sites for hydroxylation is 1. The zero-order valence-corrected chi connectivity index (χ0v) is 10.8. The molecule has 1 amide bonds. The van der Waals surface area contributed by atoms with Crippen LogP contribution in [0.25, 0.3) is 0 Å². The number of nitrogens with zero attached hydrogens (tertiary/aromatic N) is 1. The Hall–Kier alpha value is -1.29. The number of carbonyl (C=O) groups is 1. The molecule has 17 heavy (non-hydrogen) atoms. The molecule has 0 fully saturated rings. The van der Waals surface area contributed by atoms with Gasteiger partial charge >= 0.3 is 0 Å². The summed E-state index contributed by atoms with van der Waals surface area (Å²) in [4.78, 5) is 11.8. The molecule has 1 aliphatic carbocycles. The van der Waals surface area contributed by atoms with E-state index in [0.717, 1.165) is 25.0 Å². The van der Waals surface area contributed by atoms with E-state index in [4.69, 9.17) is 5.73 Å². The molecule has 2 atom stereocenters. The number of likely N-dealkylation sites (N-methyl/N-ethyl adjacent to an activating group) is 1. The first-order chi connectivity index (χ1) is 8.06. The Balaban J connectivity index is 2.44. The molecule has 1 aromatic heterocycles. The summed E-state index contributed by atoms with van der Waals surface area (Å²) in [6.45, 7) is 3.98. The minimum Gasteiger partial charge on any atom is -0.357 e. The highest BCUT2D eigenvalue weighted by molar-refractivity contribution is 5.79. The highest BCUT2D eigenvalue weighted by atomic mass is 16.2. The van der Waals surface area contributed by atoms with Crippen molar-refractivity contribution in [3.8, 4) is 0 Å². The standard InChI is InChI=1S/C13H21N3O/c1-8-7-10-11(14)5-4-6-12(10)16(8)9(2)13(17)15-3/h7,9,11H,4-6,14H2,1-3H3,(H,15,17). The van der Waals surface area contributed by atoms with Gasteiger partial charge in [-0.1, -0.05) is 0 Å². The monoisotopic (exact) mass is 235 g/mol. The normalized spacial score (nSPS) is 20.8. The Morgan fingerprint density at radius 1 is 1.65 bits per heavy atom. The molecule has 3 N–H and O–H groups in total. The van der Waals surface area contributed by atoms with E-state index in [9.17, 15) is 4.79 Å². The van der Waals surface area contributed by atoms with Gasteiger partial charge < -0.3 is 15.6 Å². The lowest BCUT2D eigenvalue weighted by molar-refractivity contribution is -0.123. The second kappa shape index (κ2) is 4.53. The van der Waals surface area contributed by atoms with Crippen molar-refractivity contribution in [3.05, 3.63) is 23.0 Å². The number of hydrogen-bond donors (Lipinski definition) is 2. The van der Waals surface area contributed by atoms with E-state index in [-0.39, 0.29) is 18.0 Å². The maximum atomic E-state index is 11.8. The van der Waals surface area contributed by atoms with Gasteiger partial charge in [-0.15, -0.1) is 0 Å². The first-order valence-electron chi connectivity index (χ1n) is 6.24. The Morgan fingerprint density at radius 2 is 2.35 bits per heavy atom. The number of nitrogens with one attached hydrogen (secondary N) is 1. The Bertz CT molecular complexity index is 436. The van der Waals surface area contributed by atoms with E-state index in [1.807, 2.05) is 13.8 Å². The van der Waals surface area contributed by atoms with Crippen molar-refractivity contribution in [1.82, 2.24) is 9.88 Å². The Kier molecular flexibility index (Phi) is 3.24. The van der Waals surface area contributed by atoms with Crippen molar-refractivity contribution in [2.24, 2.45) is 5.73 Å².